The van der Waals surface area contributed by atoms with Crippen molar-refractivity contribution in [2.24, 2.45) is 0 Å². The van der Waals surface area contributed by atoms with Crippen molar-refractivity contribution in [3.05, 3.63) is 41.0 Å². The third-order valence-electron chi connectivity index (χ3n) is 2.19. The van der Waals surface area contributed by atoms with Gasteiger partial charge in [0.2, 0.25) is 0 Å². The Kier molecular flexibility index (Phi) is 5.81. The van der Waals surface area contributed by atoms with Crippen LogP contribution in [0, 0.1) is 22.7 Å². The summed E-state index contributed by atoms with van der Waals surface area (Å²) >= 11 is 0. The smallest absolute Gasteiger partial charge is 0.348 e. The molecule has 0 radical (unpaired) electrons. The molecule has 0 saturated heterocycles. The summed E-state index contributed by atoms with van der Waals surface area (Å²) in [6.07, 6.45) is 1.38. The van der Waals surface area contributed by atoms with Gasteiger partial charge in [0.25, 0.3) is 0 Å². The zero-order chi connectivity index (χ0) is 14.1. The maximum absolute atomic E-state index is 11.6. The Morgan fingerprint density at radius 2 is 2.16 bits per heavy atom. The van der Waals surface area contributed by atoms with Crippen LogP contribution in [-0.4, -0.2) is 26.3 Å². The lowest BCUT2D eigenvalue weighted by molar-refractivity contribution is -0.139. The van der Waals surface area contributed by atoms with Crippen molar-refractivity contribution < 1.29 is 14.3 Å². The molecule has 0 aliphatic carbocycles. The predicted octanol–water partition coefficient (Wildman–Crippen LogP) is 1.65. The van der Waals surface area contributed by atoms with Crippen LogP contribution < -0.4 is 0 Å². The van der Waals surface area contributed by atoms with Gasteiger partial charge in [-0.3, -0.25) is 0 Å². The molecule has 5 nitrogen and oxygen atoms in total. The van der Waals surface area contributed by atoms with E-state index in [1.54, 1.807) is 30.3 Å². The minimum absolute atomic E-state index is 0.0899. The normalized spacial score (nSPS) is 10.4. The lowest BCUT2D eigenvalue weighted by atomic mass is 10.1. The second kappa shape index (κ2) is 7.65. The van der Waals surface area contributed by atoms with Gasteiger partial charge < -0.3 is 9.47 Å². The van der Waals surface area contributed by atoms with E-state index in [0.717, 1.165) is 0 Å². The van der Waals surface area contributed by atoms with E-state index in [4.69, 9.17) is 20.0 Å². The van der Waals surface area contributed by atoms with Crippen LogP contribution in [0.1, 0.15) is 11.1 Å². The number of carbonyl (C=O) groups is 1. The summed E-state index contributed by atoms with van der Waals surface area (Å²) in [4.78, 5) is 11.6. The Morgan fingerprint density at radius 1 is 1.37 bits per heavy atom. The fourth-order valence-electron chi connectivity index (χ4n) is 1.30. The lowest BCUT2D eigenvalue weighted by Crippen LogP contribution is -2.11. The maximum atomic E-state index is 11.6. The molecule has 0 saturated carbocycles. The van der Waals surface area contributed by atoms with Crippen LogP contribution in [0.3, 0.4) is 0 Å². The number of rotatable bonds is 5. The van der Waals surface area contributed by atoms with Gasteiger partial charge in [-0.2, -0.15) is 10.5 Å². The monoisotopic (exact) mass is 256 g/mol. The lowest BCUT2D eigenvalue weighted by Gasteiger charge is -2.02. The van der Waals surface area contributed by atoms with E-state index >= 15 is 0 Å². The summed E-state index contributed by atoms with van der Waals surface area (Å²) in [6, 6.07) is 10.4. The third-order valence-corrected chi connectivity index (χ3v) is 2.19. The van der Waals surface area contributed by atoms with E-state index in [-0.39, 0.29) is 18.8 Å². The van der Waals surface area contributed by atoms with Crippen LogP contribution in [-0.2, 0) is 14.3 Å². The molecule has 0 fully saturated rings. The second-order valence-electron chi connectivity index (χ2n) is 3.54. The largest absolute Gasteiger partial charge is 0.459 e. The average Bonchev–Trinajstić information content (AvgIpc) is 2.45. The van der Waals surface area contributed by atoms with Crippen LogP contribution in [0.15, 0.2) is 29.8 Å². The van der Waals surface area contributed by atoms with Crippen molar-refractivity contribution in [2.75, 3.05) is 20.3 Å². The fraction of sp³-hybridized carbons (Fsp3) is 0.214. The molecule has 19 heavy (non-hydrogen) atoms. The molecule has 0 N–H and O–H groups in total. The number of ether oxygens (including phenoxy) is 2. The van der Waals surface area contributed by atoms with Crippen molar-refractivity contribution in [1.29, 1.82) is 10.5 Å². The standard InChI is InChI=1S/C14H12N2O3/c1-18-5-6-19-14(17)13(10-16)8-11-3-2-4-12(7-11)9-15/h2-4,7-8H,5-6H2,1H3/b13-8+. The van der Waals surface area contributed by atoms with Crippen molar-refractivity contribution in [1.82, 2.24) is 0 Å². The molecule has 0 heterocycles. The van der Waals surface area contributed by atoms with E-state index < -0.39 is 5.97 Å². The number of hydrogen-bond donors (Lipinski definition) is 0. The van der Waals surface area contributed by atoms with Crippen LogP contribution in [0.25, 0.3) is 6.08 Å². The first-order valence-corrected chi connectivity index (χ1v) is 5.49. The Bertz CT molecular complexity index is 565. The number of hydrogen-bond acceptors (Lipinski definition) is 5. The van der Waals surface area contributed by atoms with E-state index in [9.17, 15) is 4.79 Å². The van der Waals surface area contributed by atoms with Gasteiger partial charge in [0.15, 0.2) is 0 Å². The molecule has 96 valence electrons. The highest BCUT2D eigenvalue weighted by Crippen LogP contribution is 2.10. The van der Waals surface area contributed by atoms with E-state index in [1.165, 1.54) is 13.2 Å². The number of carbonyl (C=O) groups excluding carboxylic acids is 1. The van der Waals surface area contributed by atoms with E-state index in [2.05, 4.69) is 0 Å². The molecule has 0 amide bonds. The highest BCUT2D eigenvalue weighted by atomic mass is 16.6. The molecular weight excluding hydrogens is 244 g/mol. The summed E-state index contributed by atoms with van der Waals surface area (Å²) in [7, 11) is 1.49. The number of nitriles is 2. The minimum atomic E-state index is -0.707. The first-order chi connectivity index (χ1) is 9.21. The molecule has 0 atom stereocenters. The zero-order valence-corrected chi connectivity index (χ0v) is 10.4. The molecule has 5 heteroatoms. The van der Waals surface area contributed by atoms with Crippen LogP contribution in [0.5, 0.6) is 0 Å². The molecular formula is C14H12N2O3. The van der Waals surface area contributed by atoms with E-state index in [0.29, 0.717) is 11.1 Å². The van der Waals surface area contributed by atoms with E-state index in [1.807, 2.05) is 6.07 Å². The Balaban J connectivity index is 2.84. The number of methoxy groups -OCH3 is 1. The van der Waals surface area contributed by atoms with Gasteiger partial charge in [0, 0.05) is 7.11 Å². The Hall–Kier alpha value is -2.63. The van der Waals surface area contributed by atoms with Gasteiger partial charge in [0.1, 0.15) is 18.2 Å². The second-order valence-corrected chi connectivity index (χ2v) is 3.54. The summed E-state index contributed by atoms with van der Waals surface area (Å²) in [6.45, 7) is 0.362. The van der Waals surface area contributed by atoms with Gasteiger partial charge >= 0.3 is 5.97 Å². The van der Waals surface area contributed by atoms with Crippen LogP contribution in [0.2, 0.25) is 0 Å². The summed E-state index contributed by atoms with van der Waals surface area (Å²) in [5.41, 5.74) is 0.935. The van der Waals surface area contributed by atoms with Gasteiger partial charge in [-0.15, -0.1) is 0 Å². The van der Waals surface area contributed by atoms with Crippen molar-refractivity contribution >= 4 is 12.0 Å². The summed E-state index contributed by atoms with van der Waals surface area (Å²) in [5, 5.41) is 17.7. The molecule has 1 aromatic rings. The number of nitrogens with zero attached hydrogens (tertiary/aromatic N) is 2. The first kappa shape index (κ1) is 14.4. The number of esters is 1. The minimum Gasteiger partial charge on any atom is -0.459 e. The topological polar surface area (TPSA) is 83.1 Å². The molecule has 1 aromatic carbocycles. The highest BCUT2D eigenvalue weighted by Gasteiger charge is 2.10. The van der Waals surface area contributed by atoms with Crippen molar-refractivity contribution in [3.63, 3.8) is 0 Å². The highest BCUT2D eigenvalue weighted by molar-refractivity contribution is 5.97. The molecule has 0 spiro atoms. The first-order valence-electron chi connectivity index (χ1n) is 5.49. The van der Waals surface area contributed by atoms with Crippen molar-refractivity contribution in [3.8, 4) is 12.1 Å². The van der Waals surface area contributed by atoms with Crippen LogP contribution in [0.4, 0.5) is 0 Å². The SMILES string of the molecule is COCCOC(=O)/C(C#N)=C/c1cccc(C#N)c1. The number of benzene rings is 1. The Morgan fingerprint density at radius 3 is 2.79 bits per heavy atom. The average molecular weight is 256 g/mol. The Labute approximate surface area is 111 Å². The fourth-order valence-corrected chi connectivity index (χ4v) is 1.30. The third kappa shape index (κ3) is 4.63. The van der Waals surface area contributed by atoms with Gasteiger partial charge in [-0.1, -0.05) is 12.1 Å². The van der Waals surface area contributed by atoms with Gasteiger partial charge in [-0.25, -0.2) is 4.79 Å². The maximum Gasteiger partial charge on any atom is 0.348 e. The molecule has 0 aliphatic rings. The quantitative estimate of drug-likeness (QED) is 0.346. The molecule has 0 aliphatic heterocycles. The van der Waals surface area contributed by atoms with Gasteiger partial charge in [0.05, 0.1) is 18.2 Å². The summed E-state index contributed by atoms with van der Waals surface area (Å²) in [5.74, 6) is -0.707. The summed E-state index contributed by atoms with van der Waals surface area (Å²) < 4.78 is 9.58. The molecule has 0 bridgehead atoms. The molecule has 0 unspecified atom stereocenters. The van der Waals surface area contributed by atoms with Gasteiger partial charge in [-0.05, 0) is 23.8 Å². The van der Waals surface area contributed by atoms with Crippen LogP contribution >= 0.6 is 0 Å². The molecule has 1 rings (SSSR count). The van der Waals surface area contributed by atoms with Crippen molar-refractivity contribution in [2.45, 2.75) is 0 Å². The predicted molar refractivity (Wildman–Crippen MR) is 67.6 cm³/mol. The zero-order valence-electron chi connectivity index (χ0n) is 10.4. The molecule has 0 aromatic heterocycles.